The summed E-state index contributed by atoms with van der Waals surface area (Å²) in [6.07, 6.45) is 2.44. The van der Waals surface area contributed by atoms with Crippen LogP contribution in [-0.4, -0.2) is 63.1 Å². The highest BCUT2D eigenvalue weighted by atomic mass is 19.4. The van der Waals surface area contributed by atoms with Crippen LogP contribution in [0.4, 0.5) is 18.0 Å². The summed E-state index contributed by atoms with van der Waals surface area (Å²) in [6.45, 7) is 8.27. The molecule has 220 valence electrons. The van der Waals surface area contributed by atoms with Gasteiger partial charge in [0.1, 0.15) is 11.6 Å². The number of amides is 2. The van der Waals surface area contributed by atoms with Gasteiger partial charge in [0.15, 0.2) is 5.69 Å². The zero-order chi connectivity index (χ0) is 30.2. The predicted octanol–water partition coefficient (Wildman–Crippen LogP) is 3.38. The first-order valence-electron chi connectivity index (χ1n) is 12.7. The van der Waals surface area contributed by atoms with Crippen molar-refractivity contribution in [3.05, 3.63) is 54.5 Å². The molecule has 0 aliphatic heterocycles. The van der Waals surface area contributed by atoms with Crippen molar-refractivity contribution in [2.45, 2.75) is 70.9 Å². The Hall–Kier alpha value is -4.43. The predicted molar refractivity (Wildman–Crippen MR) is 142 cm³/mol. The van der Waals surface area contributed by atoms with Crippen molar-refractivity contribution >= 4 is 17.8 Å². The summed E-state index contributed by atoms with van der Waals surface area (Å²) in [5.74, 6) is -0.160. The van der Waals surface area contributed by atoms with Crippen molar-refractivity contribution in [2.75, 3.05) is 0 Å². The van der Waals surface area contributed by atoms with E-state index in [1.807, 2.05) is 0 Å². The molecule has 0 unspecified atom stereocenters. The summed E-state index contributed by atoms with van der Waals surface area (Å²) in [4.78, 5) is 34.6. The van der Waals surface area contributed by atoms with Gasteiger partial charge in [-0.15, -0.1) is 0 Å². The largest absolute Gasteiger partial charge is 0.444 e. The van der Waals surface area contributed by atoms with Crippen molar-refractivity contribution in [1.29, 1.82) is 0 Å². The van der Waals surface area contributed by atoms with E-state index in [-0.39, 0.29) is 18.7 Å². The Kier molecular flexibility index (Phi) is 7.83. The van der Waals surface area contributed by atoms with Crippen LogP contribution in [0.3, 0.4) is 0 Å². The van der Waals surface area contributed by atoms with Gasteiger partial charge in [-0.25, -0.2) is 14.8 Å². The van der Waals surface area contributed by atoms with Crippen LogP contribution in [0.15, 0.2) is 43.1 Å². The molecule has 1 atom stereocenters. The summed E-state index contributed by atoms with van der Waals surface area (Å²) in [5, 5.41) is 13.3. The van der Waals surface area contributed by atoms with Crippen molar-refractivity contribution in [2.24, 2.45) is 7.05 Å². The van der Waals surface area contributed by atoms with Gasteiger partial charge in [0, 0.05) is 43.3 Å². The summed E-state index contributed by atoms with van der Waals surface area (Å²) in [7, 11) is 1.65. The molecule has 4 rings (SSSR count). The van der Waals surface area contributed by atoms with Gasteiger partial charge in [0.05, 0.1) is 30.2 Å². The molecule has 4 heterocycles. The summed E-state index contributed by atoms with van der Waals surface area (Å²) in [5.41, 5.74) is -1.75. The molecule has 0 radical (unpaired) electrons. The maximum absolute atomic E-state index is 13.6. The first kappa shape index (κ1) is 29.6. The number of fused-ring (bicyclic) bond motifs is 1. The molecule has 0 aliphatic carbocycles. The van der Waals surface area contributed by atoms with Crippen molar-refractivity contribution in [3.8, 4) is 11.3 Å². The fraction of sp³-hybridized carbons (Fsp3) is 0.462. The molecule has 2 N–H and O–H groups in total. The van der Waals surface area contributed by atoms with Crippen LogP contribution >= 0.6 is 0 Å². The first-order valence-corrected chi connectivity index (χ1v) is 12.7. The number of aryl methyl sites for hydroxylation is 1. The normalized spacial score (nSPS) is 13.3. The first-order chi connectivity index (χ1) is 19.0. The van der Waals surface area contributed by atoms with Gasteiger partial charge in [-0.3, -0.25) is 18.6 Å². The van der Waals surface area contributed by atoms with E-state index in [2.05, 4.69) is 30.8 Å². The van der Waals surface area contributed by atoms with E-state index in [0.29, 0.717) is 17.0 Å². The molecule has 0 spiro atoms. The number of aromatic nitrogens is 7. The molecule has 4 aromatic rings. The minimum atomic E-state index is -4.67. The number of nitrogens with one attached hydrogen (secondary N) is 2. The average Bonchev–Trinajstić information content (AvgIpc) is 3.55. The number of hydrogen-bond acceptors (Lipinski definition) is 7. The Morgan fingerprint density at radius 2 is 1.83 bits per heavy atom. The minimum absolute atomic E-state index is 0.0366. The lowest BCUT2D eigenvalue weighted by atomic mass is 10.0. The van der Waals surface area contributed by atoms with Gasteiger partial charge in [-0.05, 0) is 46.8 Å². The zero-order valence-electron chi connectivity index (χ0n) is 23.5. The van der Waals surface area contributed by atoms with Crippen LogP contribution in [0.1, 0.15) is 46.0 Å². The van der Waals surface area contributed by atoms with Gasteiger partial charge in [0.2, 0.25) is 11.7 Å². The van der Waals surface area contributed by atoms with Gasteiger partial charge < -0.3 is 15.4 Å². The third-order valence-corrected chi connectivity index (χ3v) is 5.86. The van der Waals surface area contributed by atoms with Crippen molar-refractivity contribution < 1.29 is 27.5 Å². The number of imidazole rings is 1. The number of rotatable bonds is 8. The van der Waals surface area contributed by atoms with Crippen LogP contribution in [-0.2, 0) is 35.7 Å². The number of alkyl carbamates (subject to hydrolysis) is 1. The molecule has 41 heavy (non-hydrogen) atoms. The quantitative estimate of drug-likeness (QED) is 0.329. The summed E-state index contributed by atoms with van der Waals surface area (Å²) < 4.78 is 50.4. The number of alkyl halides is 3. The minimum Gasteiger partial charge on any atom is -0.444 e. The summed E-state index contributed by atoms with van der Waals surface area (Å²) >= 11 is 0. The van der Waals surface area contributed by atoms with E-state index in [0.717, 1.165) is 6.07 Å². The Balaban J connectivity index is 1.59. The Morgan fingerprint density at radius 3 is 2.46 bits per heavy atom. The monoisotopic (exact) mass is 575 g/mol. The van der Waals surface area contributed by atoms with E-state index < -0.39 is 41.1 Å². The molecule has 0 bridgehead atoms. The van der Waals surface area contributed by atoms with Gasteiger partial charge in [-0.2, -0.15) is 23.4 Å². The van der Waals surface area contributed by atoms with E-state index in [4.69, 9.17) is 4.74 Å². The van der Waals surface area contributed by atoms with Gasteiger partial charge >= 0.3 is 12.3 Å². The number of halogens is 3. The molecule has 0 fully saturated rings. The fourth-order valence-corrected chi connectivity index (χ4v) is 4.19. The highest BCUT2D eigenvalue weighted by Gasteiger charge is 2.37. The average molecular weight is 576 g/mol. The second-order valence-corrected chi connectivity index (χ2v) is 11.3. The lowest BCUT2D eigenvalue weighted by molar-refractivity contribution is -0.141. The smallest absolute Gasteiger partial charge is 0.435 e. The third-order valence-electron chi connectivity index (χ3n) is 5.86. The lowest BCUT2D eigenvalue weighted by Gasteiger charge is -2.30. The van der Waals surface area contributed by atoms with E-state index in [1.165, 1.54) is 15.6 Å². The molecule has 15 heteroatoms. The van der Waals surface area contributed by atoms with E-state index in [9.17, 15) is 22.8 Å². The number of nitrogens with zero attached hydrogens (tertiary/aromatic N) is 7. The standard InChI is InChI=1S/C26H32F3N9O3/c1-24(2,3)41-23(40)33-18(10-17-13-31-22-30-8-7-9-37(17)22)21(39)34-25(4,5)15-38-19(16-12-32-36(6)14-16)11-20(35-38)26(27,28)29/h7-9,11-14,18H,10,15H2,1-6H3,(H,33,40)(H,34,39)/t18-/m1/s1. The van der Waals surface area contributed by atoms with Crippen LogP contribution in [0.2, 0.25) is 0 Å². The Bertz CT molecular complexity index is 1550. The molecule has 12 nitrogen and oxygen atoms in total. The molecule has 0 aromatic carbocycles. The zero-order valence-corrected chi connectivity index (χ0v) is 23.5. The second kappa shape index (κ2) is 10.9. The Labute approximate surface area is 233 Å². The van der Waals surface area contributed by atoms with Gasteiger partial charge in [-0.1, -0.05) is 0 Å². The molecular weight excluding hydrogens is 543 g/mol. The number of hydrogen-bond donors (Lipinski definition) is 2. The Morgan fingerprint density at radius 1 is 1.10 bits per heavy atom. The fourth-order valence-electron chi connectivity index (χ4n) is 4.19. The second-order valence-electron chi connectivity index (χ2n) is 11.3. The van der Waals surface area contributed by atoms with E-state index >= 15 is 0 Å². The summed E-state index contributed by atoms with van der Waals surface area (Å²) in [6, 6.07) is 1.54. The highest BCUT2D eigenvalue weighted by molar-refractivity contribution is 5.86. The van der Waals surface area contributed by atoms with Crippen molar-refractivity contribution in [1.82, 2.24) is 44.6 Å². The van der Waals surface area contributed by atoms with Crippen molar-refractivity contribution in [3.63, 3.8) is 0 Å². The van der Waals surface area contributed by atoms with Crippen LogP contribution in [0, 0.1) is 0 Å². The third kappa shape index (κ3) is 7.41. The maximum Gasteiger partial charge on any atom is 0.435 e. The topological polar surface area (TPSA) is 133 Å². The number of carbonyl (C=O) groups is 2. The van der Waals surface area contributed by atoms with Gasteiger partial charge in [0.25, 0.3) is 0 Å². The highest BCUT2D eigenvalue weighted by Crippen LogP contribution is 2.32. The number of carbonyl (C=O) groups excluding carboxylic acids is 2. The van der Waals surface area contributed by atoms with Crippen LogP contribution < -0.4 is 10.6 Å². The SMILES string of the molecule is Cn1cc(-c2cc(C(F)(F)F)nn2CC(C)(C)NC(=O)[C@@H](Cc2cnc3ncccn23)NC(=O)OC(C)(C)C)cn1. The van der Waals surface area contributed by atoms with Crippen LogP contribution in [0.5, 0.6) is 0 Å². The van der Waals surface area contributed by atoms with E-state index in [1.54, 1.807) is 76.9 Å². The molecular formula is C26H32F3N9O3. The molecule has 0 saturated heterocycles. The molecule has 0 saturated carbocycles. The molecule has 0 aliphatic rings. The van der Waals surface area contributed by atoms with Crippen LogP contribution in [0.25, 0.3) is 17.0 Å². The lowest BCUT2D eigenvalue weighted by Crippen LogP contribution is -2.56. The number of ether oxygens (including phenoxy) is 1. The maximum atomic E-state index is 13.6. The molecule has 2 amide bonds. The molecule has 4 aromatic heterocycles.